The van der Waals surface area contributed by atoms with E-state index in [0.717, 1.165) is 16.5 Å². The molecule has 3 heterocycles. The number of hydrogen-bond donors (Lipinski definition) is 11. The summed E-state index contributed by atoms with van der Waals surface area (Å²) in [4.78, 5) is 140. The SMILES string of the molecule is CCCC[C@H]1CC(=O)[C@@H](Cc2ccccc2)NC(=O)[C@H](Cc2cnc[nH]2)NC(=O)[C@@H](NC(=O)[C@H](CCCN=C(N)N)NC(C)=O)CC(=O)NCCCC[C@@H](C(N)=O)NC(=O)[C@H](Cc2c[nH]c3ccccc23)CC1=O. The average Bonchev–Trinajstić information content (AvgIpc) is 4.04. The van der Waals surface area contributed by atoms with Gasteiger partial charge in [-0.2, -0.15) is 0 Å². The second-order valence-electron chi connectivity index (χ2n) is 18.8. The number of rotatable bonds is 17. The van der Waals surface area contributed by atoms with Crippen molar-refractivity contribution in [3.63, 3.8) is 0 Å². The molecule has 0 radical (unpaired) electrons. The number of guanidine groups is 1. The number of imidazole rings is 1. The molecule has 7 atom stereocenters. The van der Waals surface area contributed by atoms with Crippen LogP contribution in [0.1, 0.15) is 101 Å². The van der Waals surface area contributed by atoms with E-state index in [-0.39, 0.29) is 76.2 Å². The normalized spacial score (nSPS) is 21.5. The van der Waals surface area contributed by atoms with Crippen molar-refractivity contribution in [3.8, 4) is 0 Å². The Kier molecular flexibility index (Phi) is 22.3. The van der Waals surface area contributed by atoms with Crippen molar-refractivity contribution in [2.24, 2.45) is 34.0 Å². The Labute approximate surface area is 429 Å². The summed E-state index contributed by atoms with van der Waals surface area (Å²) in [5.74, 6) is -7.93. The fraction of sp³-hybridized carbons (Fsp3) is 0.481. The maximum atomic E-state index is 14.7. The van der Waals surface area contributed by atoms with E-state index in [0.29, 0.717) is 43.4 Å². The Balaban J connectivity index is 1.52. The molecule has 0 spiro atoms. The van der Waals surface area contributed by atoms with Crippen LogP contribution in [0, 0.1) is 11.8 Å². The Morgan fingerprint density at radius 3 is 2.22 bits per heavy atom. The molecule has 0 aliphatic carbocycles. The number of carbonyl (C=O) groups excluding carboxylic acids is 9. The standard InChI is InChI=1S/C52H71N13O9/c1-3-4-15-33-24-45(68)41(22-32-13-6-5-7-14-32)63-50(73)42(26-36-29-56-30-60-36)64-51(74)43(65-49(72)40(61-31(2)66)19-12-21-58-52(54)55)27-46(69)57-20-11-10-18-39(47(53)70)62-48(71)34(25-44(33)67)23-35-28-59-38-17-9-8-16-37(35)38/h5-9,13-14,16-17,28-30,33-34,39-43,59H,3-4,10-12,15,18-27H2,1-2H3,(H2,53,70)(H,56,60)(H,57,69)(H,61,66)(H,62,71)(H,63,73)(H,64,74)(H,65,72)(H4,54,55,58)/t33-,34+,39-,40-,41+,42-,43-/m0/s1. The lowest BCUT2D eigenvalue weighted by Gasteiger charge is -2.27. The molecule has 74 heavy (non-hydrogen) atoms. The third-order valence-corrected chi connectivity index (χ3v) is 12.9. The fourth-order valence-corrected chi connectivity index (χ4v) is 8.94. The minimum absolute atomic E-state index is 0.0114. The van der Waals surface area contributed by atoms with Gasteiger partial charge < -0.3 is 59.1 Å². The number of benzene rings is 2. The number of ketones is 2. The summed E-state index contributed by atoms with van der Waals surface area (Å²) in [5, 5.41) is 17.0. The number of primary amides is 1. The van der Waals surface area contributed by atoms with E-state index in [9.17, 15) is 43.2 Å². The molecule has 14 N–H and O–H groups in total. The number of carbonyl (C=O) groups is 9. The molecule has 0 unspecified atom stereocenters. The molecule has 1 aliphatic rings. The van der Waals surface area contributed by atoms with Crippen molar-refractivity contribution < 1.29 is 43.2 Å². The highest BCUT2D eigenvalue weighted by atomic mass is 16.2. The Morgan fingerprint density at radius 2 is 1.51 bits per heavy atom. The number of H-pyrrole nitrogens is 2. The van der Waals surface area contributed by atoms with Crippen LogP contribution >= 0.6 is 0 Å². The van der Waals surface area contributed by atoms with Crippen LogP contribution in [0.4, 0.5) is 0 Å². The van der Waals surface area contributed by atoms with Gasteiger partial charge in [-0.05, 0) is 68.6 Å². The van der Waals surface area contributed by atoms with Crippen LogP contribution in [0.15, 0.2) is 78.3 Å². The molecule has 2 aromatic heterocycles. The average molecular weight is 1020 g/mol. The largest absolute Gasteiger partial charge is 0.370 e. The quantitative estimate of drug-likeness (QED) is 0.0400. The van der Waals surface area contributed by atoms with Gasteiger partial charge in [-0.25, -0.2) is 4.98 Å². The van der Waals surface area contributed by atoms with Gasteiger partial charge in [0.2, 0.25) is 41.4 Å². The maximum absolute atomic E-state index is 14.7. The van der Waals surface area contributed by atoms with Crippen molar-refractivity contribution in [2.75, 3.05) is 13.1 Å². The van der Waals surface area contributed by atoms with Crippen LogP contribution < -0.4 is 49.1 Å². The third-order valence-electron chi connectivity index (χ3n) is 12.9. The molecule has 1 fully saturated rings. The molecule has 4 aromatic rings. The zero-order chi connectivity index (χ0) is 53.6. The molecule has 22 heteroatoms. The van der Waals surface area contributed by atoms with Crippen molar-refractivity contribution in [2.45, 2.75) is 134 Å². The van der Waals surface area contributed by atoms with Crippen molar-refractivity contribution in [1.29, 1.82) is 0 Å². The topological polar surface area (TPSA) is 361 Å². The van der Waals surface area contributed by atoms with E-state index < -0.39 is 95.6 Å². The predicted octanol–water partition coefficient (Wildman–Crippen LogP) is 0.933. The summed E-state index contributed by atoms with van der Waals surface area (Å²) < 4.78 is 0. The van der Waals surface area contributed by atoms with Gasteiger partial charge in [0.05, 0.1) is 18.8 Å². The van der Waals surface area contributed by atoms with Crippen LogP contribution in [0.25, 0.3) is 10.9 Å². The molecule has 2 aromatic carbocycles. The zero-order valence-corrected chi connectivity index (χ0v) is 42.1. The molecule has 0 bridgehead atoms. The van der Waals surface area contributed by atoms with E-state index in [1.165, 1.54) is 19.4 Å². The maximum Gasteiger partial charge on any atom is 0.243 e. The van der Waals surface area contributed by atoms with Crippen LogP contribution in [0.2, 0.25) is 0 Å². The smallest absolute Gasteiger partial charge is 0.243 e. The van der Waals surface area contributed by atoms with E-state index in [1.807, 2.05) is 31.2 Å². The lowest BCUT2D eigenvalue weighted by atomic mass is 9.83. The van der Waals surface area contributed by atoms with Crippen molar-refractivity contribution in [3.05, 3.63) is 90.1 Å². The number of para-hydroxylation sites is 1. The Morgan fingerprint density at radius 1 is 0.784 bits per heavy atom. The first-order valence-electron chi connectivity index (χ1n) is 25.2. The summed E-state index contributed by atoms with van der Waals surface area (Å²) >= 11 is 0. The molecule has 1 saturated heterocycles. The molecule has 7 amide bonds. The van der Waals surface area contributed by atoms with Gasteiger partial charge in [0.15, 0.2) is 11.7 Å². The summed E-state index contributed by atoms with van der Waals surface area (Å²) in [6.07, 6.45) is 6.01. The molecule has 398 valence electrons. The lowest BCUT2D eigenvalue weighted by molar-refractivity contribution is -0.136. The minimum atomic E-state index is -1.60. The van der Waals surface area contributed by atoms with Gasteiger partial charge in [0.1, 0.15) is 30.0 Å². The van der Waals surface area contributed by atoms with Crippen molar-refractivity contribution in [1.82, 2.24) is 46.9 Å². The highest BCUT2D eigenvalue weighted by Gasteiger charge is 2.36. The first-order valence-corrected chi connectivity index (χ1v) is 25.2. The fourth-order valence-electron chi connectivity index (χ4n) is 8.94. The van der Waals surface area contributed by atoms with Gasteiger partial charge in [-0.1, -0.05) is 68.3 Å². The van der Waals surface area contributed by atoms with Crippen LogP contribution in [-0.4, -0.2) is 117 Å². The van der Waals surface area contributed by atoms with Crippen LogP contribution in [0.5, 0.6) is 0 Å². The third kappa shape index (κ3) is 18.3. The van der Waals surface area contributed by atoms with Gasteiger partial charge in [0.25, 0.3) is 0 Å². The first kappa shape index (κ1) is 57.0. The monoisotopic (exact) mass is 1020 g/mol. The van der Waals surface area contributed by atoms with Gasteiger partial charge in [-0.15, -0.1) is 0 Å². The second kappa shape index (κ2) is 29.0. The molecular formula is C52H71N13O9. The molecule has 1 aliphatic heterocycles. The number of amides is 7. The minimum Gasteiger partial charge on any atom is -0.370 e. The van der Waals surface area contributed by atoms with Gasteiger partial charge >= 0.3 is 0 Å². The number of nitrogens with zero attached hydrogens (tertiary/aromatic N) is 2. The predicted molar refractivity (Wildman–Crippen MR) is 276 cm³/mol. The number of aliphatic imine (C=N–C) groups is 1. The lowest BCUT2D eigenvalue weighted by Crippen LogP contribution is -2.59. The van der Waals surface area contributed by atoms with E-state index in [4.69, 9.17) is 17.2 Å². The number of hydrogen-bond acceptors (Lipinski definition) is 11. The number of nitrogens with one attached hydrogen (secondary N) is 8. The van der Waals surface area contributed by atoms with Crippen LogP contribution in [0.3, 0.4) is 0 Å². The van der Waals surface area contributed by atoms with Crippen molar-refractivity contribution >= 4 is 69.8 Å². The zero-order valence-electron chi connectivity index (χ0n) is 42.1. The van der Waals surface area contributed by atoms with E-state index >= 15 is 0 Å². The highest BCUT2D eigenvalue weighted by Crippen LogP contribution is 2.26. The molecule has 0 saturated carbocycles. The number of fused-ring (bicyclic) bond motifs is 1. The number of unbranched alkanes of at least 4 members (excludes halogenated alkanes) is 1. The summed E-state index contributed by atoms with van der Waals surface area (Å²) in [6.45, 7) is 3.35. The summed E-state index contributed by atoms with van der Waals surface area (Å²) in [5.41, 5.74) is 19.4. The Hall–Kier alpha value is -7.91. The molecular weight excluding hydrogens is 951 g/mol. The number of Topliss-reactive ketones (excluding diaryl/α,β-unsaturated/α-hetero) is 2. The van der Waals surface area contributed by atoms with E-state index in [2.05, 4.69) is 51.8 Å². The molecule has 22 nitrogen and oxygen atoms in total. The second-order valence-corrected chi connectivity index (χ2v) is 18.8. The van der Waals surface area contributed by atoms with Gasteiger partial charge in [0, 0.05) is 80.1 Å². The van der Waals surface area contributed by atoms with Crippen LogP contribution in [-0.2, 0) is 62.4 Å². The summed E-state index contributed by atoms with van der Waals surface area (Å²) in [7, 11) is 0. The highest BCUT2D eigenvalue weighted by molar-refractivity contribution is 5.99. The van der Waals surface area contributed by atoms with Gasteiger partial charge in [-0.3, -0.25) is 48.1 Å². The Bertz CT molecular complexity index is 2580. The van der Waals surface area contributed by atoms with E-state index in [1.54, 1.807) is 36.5 Å². The number of aromatic nitrogens is 3. The summed E-state index contributed by atoms with van der Waals surface area (Å²) in [6, 6.07) is 9.91. The number of aromatic amines is 2. The number of nitrogens with two attached hydrogens (primary N) is 3. The molecule has 5 rings (SSSR count). The first-order chi connectivity index (χ1) is 35.5.